The van der Waals surface area contributed by atoms with E-state index in [4.69, 9.17) is 25.0 Å². The summed E-state index contributed by atoms with van der Waals surface area (Å²) in [5.74, 6) is 0.381. The van der Waals surface area contributed by atoms with Crippen LogP contribution in [0.15, 0.2) is 56.0 Å². The minimum atomic E-state index is -0.506. The van der Waals surface area contributed by atoms with Gasteiger partial charge >= 0.3 is 6.01 Å². The Hall–Kier alpha value is -3.39. The number of hydrogen-bond acceptors (Lipinski definition) is 7. The zero-order chi connectivity index (χ0) is 18.1. The van der Waals surface area contributed by atoms with E-state index in [1.807, 2.05) is 0 Å². The highest BCUT2D eigenvalue weighted by Gasteiger charge is 2.24. The lowest BCUT2D eigenvalue weighted by Gasteiger charge is -2.03. The first-order valence-corrected chi connectivity index (χ1v) is 7.91. The van der Waals surface area contributed by atoms with Crippen molar-refractivity contribution in [3.8, 4) is 22.9 Å². The van der Waals surface area contributed by atoms with Crippen LogP contribution in [0.25, 0.3) is 22.9 Å². The number of aromatic nitrogens is 3. The van der Waals surface area contributed by atoms with Crippen LogP contribution >= 0.6 is 11.6 Å². The average molecular weight is 371 g/mol. The summed E-state index contributed by atoms with van der Waals surface area (Å²) in [6, 6.07) is 10.3. The molecule has 4 rings (SSSR count). The molecule has 9 heteroatoms. The standard InChI is InChI=1S/C17H11ClN4O4/c1-9-13(14(22-26-9)10-5-2-3-6-11(10)18)15(23)19-17-21-20-16(25-17)12-7-4-8-24-12/h2-8H,1H3,(H,19,21,23). The van der Waals surface area contributed by atoms with Gasteiger partial charge in [-0.15, -0.1) is 5.10 Å². The Morgan fingerprint density at radius 2 is 2.00 bits per heavy atom. The maximum Gasteiger partial charge on any atom is 0.322 e. The van der Waals surface area contributed by atoms with Gasteiger partial charge < -0.3 is 13.4 Å². The summed E-state index contributed by atoms with van der Waals surface area (Å²) < 4.78 is 15.7. The summed E-state index contributed by atoms with van der Waals surface area (Å²) in [4.78, 5) is 12.7. The van der Waals surface area contributed by atoms with Gasteiger partial charge in [-0.1, -0.05) is 40.1 Å². The Morgan fingerprint density at radius 3 is 2.77 bits per heavy atom. The molecule has 0 aliphatic carbocycles. The van der Waals surface area contributed by atoms with Gasteiger partial charge in [0.15, 0.2) is 5.76 Å². The molecule has 0 bridgehead atoms. The molecule has 0 spiro atoms. The summed E-state index contributed by atoms with van der Waals surface area (Å²) >= 11 is 6.20. The predicted octanol–water partition coefficient (Wildman–Crippen LogP) is 4.20. The molecule has 130 valence electrons. The Balaban J connectivity index is 1.64. The smallest absolute Gasteiger partial charge is 0.322 e. The maximum atomic E-state index is 12.7. The van der Waals surface area contributed by atoms with Gasteiger partial charge in [-0.2, -0.15) is 0 Å². The average Bonchev–Trinajstić information content (AvgIpc) is 3.35. The largest absolute Gasteiger partial charge is 0.459 e. The Kier molecular flexibility index (Phi) is 4.02. The van der Waals surface area contributed by atoms with E-state index in [0.29, 0.717) is 27.8 Å². The van der Waals surface area contributed by atoms with E-state index in [9.17, 15) is 4.79 Å². The third kappa shape index (κ3) is 2.86. The second kappa shape index (κ2) is 6.49. The molecule has 3 aromatic heterocycles. The molecule has 26 heavy (non-hydrogen) atoms. The Morgan fingerprint density at radius 1 is 1.15 bits per heavy atom. The van der Waals surface area contributed by atoms with E-state index in [1.54, 1.807) is 43.3 Å². The Labute approximate surface area is 151 Å². The molecule has 1 amide bonds. The van der Waals surface area contributed by atoms with Crippen molar-refractivity contribution in [1.82, 2.24) is 15.4 Å². The molecule has 0 fully saturated rings. The van der Waals surface area contributed by atoms with Crippen molar-refractivity contribution < 1.29 is 18.2 Å². The van der Waals surface area contributed by atoms with E-state index in [-0.39, 0.29) is 17.5 Å². The van der Waals surface area contributed by atoms with Crippen LogP contribution in [0.3, 0.4) is 0 Å². The zero-order valence-corrected chi connectivity index (χ0v) is 14.1. The molecule has 0 aliphatic heterocycles. The number of amides is 1. The predicted molar refractivity (Wildman–Crippen MR) is 91.6 cm³/mol. The molecule has 0 aliphatic rings. The fraction of sp³-hybridized carbons (Fsp3) is 0.0588. The number of aryl methyl sites for hydroxylation is 1. The SMILES string of the molecule is Cc1onc(-c2ccccc2Cl)c1C(=O)Nc1nnc(-c2ccco2)o1. The van der Waals surface area contributed by atoms with E-state index in [1.165, 1.54) is 6.26 Å². The summed E-state index contributed by atoms with van der Waals surface area (Å²) in [6.07, 6.45) is 1.48. The third-order valence-corrected chi connectivity index (χ3v) is 3.93. The normalized spacial score (nSPS) is 10.8. The molecular weight excluding hydrogens is 360 g/mol. The van der Waals surface area contributed by atoms with E-state index in [0.717, 1.165) is 0 Å². The van der Waals surface area contributed by atoms with Crippen molar-refractivity contribution in [3.05, 3.63) is 59.0 Å². The number of hydrogen-bond donors (Lipinski definition) is 1. The van der Waals surface area contributed by atoms with Crippen molar-refractivity contribution in [2.24, 2.45) is 0 Å². The second-order valence-electron chi connectivity index (χ2n) is 5.29. The molecule has 0 unspecified atom stereocenters. The summed E-state index contributed by atoms with van der Waals surface area (Å²) in [6.45, 7) is 1.63. The fourth-order valence-electron chi connectivity index (χ4n) is 2.41. The number of rotatable bonds is 4. The van der Waals surface area contributed by atoms with E-state index < -0.39 is 5.91 Å². The van der Waals surface area contributed by atoms with E-state index in [2.05, 4.69) is 20.7 Å². The highest BCUT2D eigenvalue weighted by atomic mass is 35.5. The lowest BCUT2D eigenvalue weighted by atomic mass is 10.1. The van der Waals surface area contributed by atoms with Gasteiger partial charge in [-0.05, 0) is 25.1 Å². The van der Waals surface area contributed by atoms with Gasteiger partial charge in [-0.3, -0.25) is 10.1 Å². The first-order chi connectivity index (χ1) is 12.6. The number of halogens is 1. The third-order valence-electron chi connectivity index (χ3n) is 3.60. The van der Waals surface area contributed by atoms with E-state index >= 15 is 0 Å². The summed E-state index contributed by atoms with van der Waals surface area (Å²) in [7, 11) is 0. The topological polar surface area (TPSA) is 107 Å². The van der Waals surface area contributed by atoms with Crippen LogP contribution < -0.4 is 5.32 Å². The molecule has 8 nitrogen and oxygen atoms in total. The van der Waals surface area contributed by atoms with Crippen LogP contribution in [-0.4, -0.2) is 21.3 Å². The number of carbonyl (C=O) groups excluding carboxylic acids is 1. The van der Waals surface area contributed by atoms with Crippen molar-refractivity contribution >= 4 is 23.5 Å². The molecule has 1 N–H and O–H groups in total. The maximum absolute atomic E-state index is 12.7. The summed E-state index contributed by atoms with van der Waals surface area (Å²) in [5.41, 5.74) is 1.14. The highest BCUT2D eigenvalue weighted by molar-refractivity contribution is 6.33. The van der Waals surface area contributed by atoms with Crippen molar-refractivity contribution in [1.29, 1.82) is 0 Å². The van der Waals surface area contributed by atoms with Crippen LogP contribution in [-0.2, 0) is 0 Å². The molecular formula is C17H11ClN4O4. The van der Waals surface area contributed by atoms with Gasteiger partial charge in [0.1, 0.15) is 17.0 Å². The molecule has 0 saturated heterocycles. The van der Waals surface area contributed by atoms with Crippen molar-refractivity contribution in [2.75, 3.05) is 5.32 Å². The first kappa shape index (κ1) is 16.1. The Bertz CT molecular complexity index is 1070. The van der Waals surface area contributed by atoms with Gasteiger partial charge in [-0.25, -0.2) is 0 Å². The van der Waals surface area contributed by atoms with Crippen molar-refractivity contribution in [3.63, 3.8) is 0 Å². The summed E-state index contributed by atoms with van der Waals surface area (Å²) in [5, 5.41) is 14.5. The second-order valence-corrected chi connectivity index (χ2v) is 5.69. The number of nitrogens with zero attached hydrogens (tertiary/aromatic N) is 3. The molecule has 0 radical (unpaired) electrons. The monoisotopic (exact) mass is 370 g/mol. The van der Waals surface area contributed by atoms with Gasteiger partial charge in [0.25, 0.3) is 11.8 Å². The molecule has 0 saturated carbocycles. The number of carbonyl (C=O) groups is 1. The number of furan rings is 1. The highest BCUT2D eigenvalue weighted by Crippen LogP contribution is 2.31. The number of anilines is 1. The number of benzene rings is 1. The molecule has 4 aromatic rings. The molecule has 3 heterocycles. The first-order valence-electron chi connectivity index (χ1n) is 7.53. The van der Waals surface area contributed by atoms with Crippen molar-refractivity contribution in [2.45, 2.75) is 6.92 Å². The molecule has 0 atom stereocenters. The van der Waals surface area contributed by atoms with Crippen LogP contribution in [0.2, 0.25) is 5.02 Å². The quantitative estimate of drug-likeness (QED) is 0.573. The lowest BCUT2D eigenvalue weighted by molar-refractivity contribution is 0.102. The van der Waals surface area contributed by atoms with Crippen LogP contribution in [0.4, 0.5) is 6.01 Å². The lowest BCUT2D eigenvalue weighted by Crippen LogP contribution is -2.13. The van der Waals surface area contributed by atoms with Gasteiger partial charge in [0, 0.05) is 5.56 Å². The number of nitrogens with one attached hydrogen (secondary N) is 1. The minimum Gasteiger partial charge on any atom is -0.459 e. The molecule has 1 aromatic carbocycles. The van der Waals surface area contributed by atoms with Crippen LogP contribution in [0, 0.1) is 6.92 Å². The van der Waals surface area contributed by atoms with Gasteiger partial charge in [0.05, 0.1) is 11.3 Å². The van der Waals surface area contributed by atoms with Gasteiger partial charge in [0.2, 0.25) is 0 Å². The van der Waals surface area contributed by atoms with Crippen LogP contribution in [0.5, 0.6) is 0 Å². The zero-order valence-electron chi connectivity index (χ0n) is 13.4. The minimum absolute atomic E-state index is 0.0768. The fourth-order valence-corrected chi connectivity index (χ4v) is 2.64. The van der Waals surface area contributed by atoms with Crippen LogP contribution in [0.1, 0.15) is 16.1 Å².